The van der Waals surface area contributed by atoms with Gasteiger partial charge in [-0.25, -0.2) is 4.39 Å². The molecule has 0 radical (unpaired) electrons. The summed E-state index contributed by atoms with van der Waals surface area (Å²) >= 11 is 5.67. The van der Waals surface area contributed by atoms with E-state index in [9.17, 15) is 4.39 Å². The minimum Gasteiger partial charge on any atom is -0.357 e. The second-order valence-electron chi connectivity index (χ2n) is 3.26. The Kier molecular flexibility index (Phi) is 1.35. The summed E-state index contributed by atoms with van der Waals surface area (Å²) < 4.78 is 18.6. The van der Waals surface area contributed by atoms with Gasteiger partial charge in [-0.15, -0.1) is 0 Å². The molecule has 0 spiro atoms. The normalized spacial score (nSPS) is 28.2. The molecule has 1 nitrogen and oxygen atoms in total. The molecule has 2 heterocycles. The lowest BCUT2D eigenvalue weighted by atomic mass is 9.97. The summed E-state index contributed by atoms with van der Waals surface area (Å²) in [6.45, 7) is 0. The molecule has 2 aliphatic rings. The maximum Gasteiger partial charge on any atom is 0.142 e. The standard InChI is InChI=1S/C10H6ClFO/c11-7-3-5-6(4-8(7)12)10-2-1-9(5)13-10/h1-4,9-10H. The molecular weight excluding hydrogens is 191 g/mol. The SMILES string of the molecule is Fc1cc2c(cc1Cl)C1C=CC2O1. The third-order valence-electron chi connectivity index (χ3n) is 2.49. The van der Waals surface area contributed by atoms with E-state index in [0.717, 1.165) is 11.1 Å². The van der Waals surface area contributed by atoms with Crippen LogP contribution < -0.4 is 0 Å². The molecule has 1 aromatic carbocycles. The van der Waals surface area contributed by atoms with Crippen LogP contribution in [0.25, 0.3) is 0 Å². The van der Waals surface area contributed by atoms with Crippen molar-refractivity contribution in [1.82, 2.24) is 0 Å². The molecule has 3 heteroatoms. The lowest BCUT2D eigenvalue weighted by Crippen LogP contribution is -1.94. The maximum absolute atomic E-state index is 13.1. The van der Waals surface area contributed by atoms with Gasteiger partial charge >= 0.3 is 0 Å². The molecule has 13 heavy (non-hydrogen) atoms. The van der Waals surface area contributed by atoms with Gasteiger partial charge in [0.1, 0.15) is 18.0 Å². The molecule has 1 aromatic rings. The largest absolute Gasteiger partial charge is 0.357 e. The highest BCUT2D eigenvalue weighted by molar-refractivity contribution is 6.30. The molecule has 0 aliphatic carbocycles. The van der Waals surface area contributed by atoms with Crippen molar-refractivity contribution in [3.8, 4) is 0 Å². The van der Waals surface area contributed by atoms with Crippen molar-refractivity contribution in [2.24, 2.45) is 0 Å². The van der Waals surface area contributed by atoms with Gasteiger partial charge in [-0.05, 0) is 23.3 Å². The molecule has 0 N–H and O–H groups in total. The van der Waals surface area contributed by atoms with Crippen molar-refractivity contribution >= 4 is 11.6 Å². The van der Waals surface area contributed by atoms with Crippen LogP contribution in [-0.4, -0.2) is 0 Å². The van der Waals surface area contributed by atoms with Crippen molar-refractivity contribution in [1.29, 1.82) is 0 Å². The number of hydrogen-bond acceptors (Lipinski definition) is 1. The highest BCUT2D eigenvalue weighted by Crippen LogP contribution is 2.46. The quantitative estimate of drug-likeness (QED) is 0.580. The zero-order chi connectivity index (χ0) is 9.00. The van der Waals surface area contributed by atoms with E-state index >= 15 is 0 Å². The number of fused-ring (bicyclic) bond motifs is 5. The van der Waals surface area contributed by atoms with E-state index < -0.39 is 0 Å². The van der Waals surface area contributed by atoms with Crippen LogP contribution in [0.4, 0.5) is 4.39 Å². The van der Waals surface area contributed by atoms with Gasteiger partial charge in [0, 0.05) is 0 Å². The summed E-state index contributed by atoms with van der Waals surface area (Å²) in [5.41, 5.74) is 1.91. The van der Waals surface area contributed by atoms with Gasteiger partial charge in [-0.2, -0.15) is 0 Å². The summed E-state index contributed by atoms with van der Waals surface area (Å²) in [5, 5.41) is 0.170. The summed E-state index contributed by atoms with van der Waals surface area (Å²) in [5.74, 6) is -0.370. The Bertz CT molecular complexity index is 377. The summed E-state index contributed by atoms with van der Waals surface area (Å²) in [4.78, 5) is 0. The second kappa shape index (κ2) is 2.34. The molecule has 66 valence electrons. The topological polar surface area (TPSA) is 9.23 Å². The first-order chi connectivity index (χ1) is 6.25. The van der Waals surface area contributed by atoms with Crippen molar-refractivity contribution < 1.29 is 9.13 Å². The van der Waals surface area contributed by atoms with E-state index in [-0.39, 0.29) is 23.0 Å². The predicted molar refractivity (Wildman–Crippen MR) is 47.1 cm³/mol. The smallest absolute Gasteiger partial charge is 0.142 e. The summed E-state index contributed by atoms with van der Waals surface area (Å²) in [6, 6.07) is 3.12. The zero-order valence-electron chi connectivity index (χ0n) is 6.63. The van der Waals surface area contributed by atoms with Crippen LogP contribution in [0.3, 0.4) is 0 Å². The van der Waals surface area contributed by atoms with Crippen LogP contribution in [0.2, 0.25) is 5.02 Å². The van der Waals surface area contributed by atoms with Gasteiger partial charge in [-0.1, -0.05) is 23.8 Å². The van der Waals surface area contributed by atoms with E-state index in [1.54, 1.807) is 6.07 Å². The van der Waals surface area contributed by atoms with Crippen molar-refractivity contribution in [2.45, 2.75) is 12.2 Å². The summed E-state index contributed by atoms with van der Waals surface area (Å²) in [7, 11) is 0. The lowest BCUT2D eigenvalue weighted by molar-refractivity contribution is 0.0878. The number of hydrogen-bond donors (Lipinski definition) is 0. The lowest BCUT2D eigenvalue weighted by Gasteiger charge is -2.07. The summed E-state index contributed by atoms with van der Waals surface area (Å²) in [6.07, 6.45) is 3.84. The maximum atomic E-state index is 13.1. The predicted octanol–water partition coefficient (Wildman–Crippen LogP) is 3.16. The van der Waals surface area contributed by atoms with Gasteiger partial charge in [0.05, 0.1) is 5.02 Å². The Balaban J connectivity index is 2.25. The van der Waals surface area contributed by atoms with Gasteiger partial charge < -0.3 is 4.74 Å². The molecule has 2 atom stereocenters. The van der Waals surface area contributed by atoms with E-state index in [2.05, 4.69) is 0 Å². The van der Waals surface area contributed by atoms with Crippen LogP contribution in [0.5, 0.6) is 0 Å². The average Bonchev–Trinajstić information content (AvgIpc) is 2.67. The van der Waals surface area contributed by atoms with Gasteiger partial charge in [-0.3, -0.25) is 0 Å². The van der Waals surface area contributed by atoms with Crippen LogP contribution in [0.1, 0.15) is 23.3 Å². The first kappa shape index (κ1) is 7.54. The van der Waals surface area contributed by atoms with Gasteiger partial charge in [0.15, 0.2) is 0 Å². The molecule has 2 unspecified atom stereocenters. The van der Waals surface area contributed by atoms with Crippen molar-refractivity contribution in [2.75, 3.05) is 0 Å². The molecule has 2 aliphatic heterocycles. The van der Waals surface area contributed by atoms with Crippen molar-refractivity contribution in [3.05, 3.63) is 46.3 Å². The third kappa shape index (κ3) is 0.901. The molecular formula is C10H6ClFO. The van der Waals surface area contributed by atoms with Crippen molar-refractivity contribution in [3.63, 3.8) is 0 Å². The second-order valence-corrected chi connectivity index (χ2v) is 3.66. The Morgan fingerprint density at radius 2 is 1.77 bits per heavy atom. The molecule has 0 saturated heterocycles. The Labute approximate surface area is 79.8 Å². The molecule has 0 aromatic heterocycles. The molecule has 0 fully saturated rings. The first-order valence-electron chi connectivity index (χ1n) is 4.08. The Hall–Kier alpha value is -0.860. The van der Waals surface area contributed by atoms with E-state index in [1.807, 2.05) is 12.2 Å². The molecule has 0 amide bonds. The molecule has 2 bridgehead atoms. The molecule has 3 rings (SSSR count). The van der Waals surface area contributed by atoms with Crippen LogP contribution in [0, 0.1) is 5.82 Å². The fourth-order valence-electron chi connectivity index (χ4n) is 1.87. The fourth-order valence-corrected chi connectivity index (χ4v) is 2.05. The monoisotopic (exact) mass is 196 g/mol. The van der Waals surface area contributed by atoms with E-state index in [4.69, 9.17) is 16.3 Å². The minimum atomic E-state index is -0.370. The van der Waals surface area contributed by atoms with E-state index in [1.165, 1.54) is 6.07 Å². The third-order valence-corrected chi connectivity index (χ3v) is 2.78. The Morgan fingerprint density at radius 3 is 2.46 bits per heavy atom. The number of halogens is 2. The number of ether oxygens (including phenoxy) is 1. The average molecular weight is 197 g/mol. The number of benzene rings is 1. The van der Waals surface area contributed by atoms with E-state index in [0.29, 0.717) is 0 Å². The molecule has 0 saturated carbocycles. The fraction of sp³-hybridized carbons (Fsp3) is 0.200. The van der Waals surface area contributed by atoms with Crippen LogP contribution in [-0.2, 0) is 4.74 Å². The first-order valence-corrected chi connectivity index (χ1v) is 4.46. The van der Waals surface area contributed by atoms with Gasteiger partial charge in [0.2, 0.25) is 0 Å². The van der Waals surface area contributed by atoms with Crippen LogP contribution in [0.15, 0.2) is 24.3 Å². The minimum absolute atomic E-state index is 0.0156. The van der Waals surface area contributed by atoms with Gasteiger partial charge in [0.25, 0.3) is 0 Å². The number of rotatable bonds is 0. The zero-order valence-corrected chi connectivity index (χ0v) is 7.38. The highest BCUT2D eigenvalue weighted by atomic mass is 35.5. The van der Waals surface area contributed by atoms with Crippen LogP contribution >= 0.6 is 11.6 Å². The highest BCUT2D eigenvalue weighted by Gasteiger charge is 2.34. The Morgan fingerprint density at radius 1 is 1.15 bits per heavy atom.